The van der Waals surface area contributed by atoms with Gasteiger partial charge in [-0.3, -0.25) is 4.68 Å². The monoisotopic (exact) mass is 276 g/mol. The molecule has 1 aromatic carbocycles. The van der Waals surface area contributed by atoms with Crippen LogP contribution in [-0.2, 0) is 13.0 Å². The minimum atomic E-state index is -0.138. The maximum absolute atomic E-state index is 14.3. The molecule has 2 rings (SSSR count). The summed E-state index contributed by atoms with van der Waals surface area (Å²) >= 11 is 0. The molecule has 0 saturated heterocycles. The minimum absolute atomic E-state index is 0.0885. The van der Waals surface area contributed by atoms with E-state index in [1.54, 1.807) is 19.3 Å². The fourth-order valence-electron chi connectivity index (χ4n) is 2.37. The molecule has 0 aliphatic rings. The summed E-state index contributed by atoms with van der Waals surface area (Å²) in [6.07, 6.45) is 2.18. The number of halogens is 1. The Morgan fingerprint density at radius 2 is 2.15 bits per heavy atom. The Bertz CT molecular complexity index is 565. The Balaban J connectivity index is 2.29. The Kier molecular flexibility index (Phi) is 4.84. The summed E-state index contributed by atoms with van der Waals surface area (Å²) in [4.78, 5) is 4.28. The van der Waals surface area contributed by atoms with Crippen LogP contribution < -0.4 is 5.32 Å². The highest BCUT2D eigenvalue weighted by Crippen LogP contribution is 2.22. The van der Waals surface area contributed by atoms with Gasteiger partial charge in [-0.2, -0.15) is 5.10 Å². The van der Waals surface area contributed by atoms with E-state index < -0.39 is 0 Å². The molecule has 0 aliphatic carbocycles. The number of nitrogens with one attached hydrogen (secondary N) is 1. The fourth-order valence-corrected chi connectivity index (χ4v) is 2.37. The van der Waals surface area contributed by atoms with Crippen LogP contribution in [0.3, 0.4) is 0 Å². The first kappa shape index (κ1) is 14.7. The number of hydrogen-bond acceptors (Lipinski definition) is 3. The predicted molar refractivity (Wildman–Crippen MR) is 77.0 cm³/mol. The first-order valence-electron chi connectivity index (χ1n) is 7.02. The largest absolute Gasteiger partial charge is 0.310 e. The molecule has 1 N–H and O–H groups in total. The van der Waals surface area contributed by atoms with Gasteiger partial charge in [0, 0.05) is 24.6 Å². The molecule has 20 heavy (non-hydrogen) atoms. The zero-order chi connectivity index (χ0) is 14.5. The SMILES string of the molecule is CCNC(Cc1ncnn1CC)c1cccc(C)c1F. The number of likely N-dealkylation sites (N-methyl/N-ethyl adjacent to an activating group) is 1. The van der Waals surface area contributed by atoms with Crippen LogP contribution in [0.2, 0.25) is 0 Å². The Morgan fingerprint density at radius 1 is 1.35 bits per heavy atom. The Hall–Kier alpha value is -1.75. The number of benzene rings is 1. The van der Waals surface area contributed by atoms with Gasteiger partial charge in [0.2, 0.25) is 0 Å². The van der Waals surface area contributed by atoms with Crippen LogP contribution in [0, 0.1) is 12.7 Å². The summed E-state index contributed by atoms with van der Waals surface area (Å²) in [7, 11) is 0. The highest BCUT2D eigenvalue weighted by molar-refractivity contribution is 5.28. The molecule has 108 valence electrons. The summed E-state index contributed by atoms with van der Waals surface area (Å²) in [6.45, 7) is 7.37. The molecule has 0 radical (unpaired) electrons. The van der Waals surface area contributed by atoms with Crippen molar-refractivity contribution in [1.82, 2.24) is 20.1 Å². The average molecular weight is 276 g/mol. The summed E-state index contributed by atoms with van der Waals surface area (Å²) in [5.41, 5.74) is 1.36. The number of aryl methyl sites for hydroxylation is 2. The summed E-state index contributed by atoms with van der Waals surface area (Å²) in [5, 5.41) is 7.50. The number of rotatable bonds is 6. The van der Waals surface area contributed by atoms with Crippen molar-refractivity contribution in [3.63, 3.8) is 0 Å². The molecule has 0 saturated carbocycles. The van der Waals surface area contributed by atoms with E-state index in [1.807, 2.05) is 30.7 Å². The van der Waals surface area contributed by atoms with E-state index in [4.69, 9.17) is 0 Å². The second-order valence-electron chi connectivity index (χ2n) is 4.78. The van der Waals surface area contributed by atoms with E-state index in [1.165, 1.54) is 0 Å². The summed E-state index contributed by atoms with van der Waals surface area (Å²) in [6, 6.07) is 5.43. The zero-order valence-corrected chi connectivity index (χ0v) is 12.2. The van der Waals surface area contributed by atoms with Crippen LogP contribution in [-0.4, -0.2) is 21.3 Å². The van der Waals surface area contributed by atoms with Gasteiger partial charge in [0.25, 0.3) is 0 Å². The molecule has 0 fully saturated rings. The van der Waals surface area contributed by atoms with Gasteiger partial charge in [0.05, 0.1) is 0 Å². The van der Waals surface area contributed by atoms with Crippen molar-refractivity contribution in [2.75, 3.05) is 6.54 Å². The quantitative estimate of drug-likeness (QED) is 0.882. The third-order valence-electron chi connectivity index (χ3n) is 3.43. The maximum Gasteiger partial charge on any atom is 0.138 e. The highest BCUT2D eigenvalue weighted by Gasteiger charge is 2.18. The van der Waals surface area contributed by atoms with E-state index in [-0.39, 0.29) is 11.9 Å². The molecule has 1 heterocycles. The van der Waals surface area contributed by atoms with Gasteiger partial charge >= 0.3 is 0 Å². The number of aromatic nitrogens is 3. The molecule has 2 aromatic rings. The second-order valence-corrected chi connectivity index (χ2v) is 4.78. The first-order valence-corrected chi connectivity index (χ1v) is 7.02. The smallest absolute Gasteiger partial charge is 0.138 e. The lowest BCUT2D eigenvalue weighted by Gasteiger charge is -2.19. The van der Waals surface area contributed by atoms with E-state index >= 15 is 0 Å². The normalized spacial score (nSPS) is 12.6. The van der Waals surface area contributed by atoms with Gasteiger partial charge < -0.3 is 5.32 Å². The molecule has 1 atom stereocenters. The van der Waals surface area contributed by atoms with Gasteiger partial charge in [-0.05, 0) is 26.0 Å². The maximum atomic E-state index is 14.3. The average Bonchev–Trinajstić information content (AvgIpc) is 2.89. The molecule has 1 unspecified atom stereocenters. The van der Waals surface area contributed by atoms with Crippen molar-refractivity contribution >= 4 is 0 Å². The highest BCUT2D eigenvalue weighted by atomic mass is 19.1. The Morgan fingerprint density at radius 3 is 2.85 bits per heavy atom. The fraction of sp³-hybridized carbons (Fsp3) is 0.467. The molecule has 1 aromatic heterocycles. The third kappa shape index (κ3) is 3.04. The molecule has 0 amide bonds. The first-order chi connectivity index (χ1) is 9.67. The lowest BCUT2D eigenvalue weighted by Crippen LogP contribution is -2.25. The molecular formula is C15H21FN4. The zero-order valence-electron chi connectivity index (χ0n) is 12.2. The van der Waals surface area contributed by atoms with Gasteiger partial charge in [-0.15, -0.1) is 0 Å². The van der Waals surface area contributed by atoms with Crippen molar-refractivity contribution in [3.05, 3.63) is 47.3 Å². The van der Waals surface area contributed by atoms with Gasteiger partial charge in [0.1, 0.15) is 18.0 Å². The van der Waals surface area contributed by atoms with Crippen LogP contribution in [0.4, 0.5) is 4.39 Å². The van der Waals surface area contributed by atoms with Crippen molar-refractivity contribution in [2.45, 2.75) is 39.8 Å². The molecule has 0 bridgehead atoms. The van der Waals surface area contributed by atoms with Crippen molar-refractivity contribution in [1.29, 1.82) is 0 Å². The predicted octanol–water partition coefficient (Wildman–Crippen LogP) is 2.64. The van der Waals surface area contributed by atoms with E-state index in [2.05, 4.69) is 15.4 Å². The standard InChI is InChI=1S/C15H21FN4/c1-4-17-13(9-14-18-10-19-20(14)5-2)12-8-6-7-11(3)15(12)16/h6-8,10,13,17H,4-5,9H2,1-3H3. The second kappa shape index (κ2) is 6.61. The lowest BCUT2D eigenvalue weighted by molar-refractivity contribution is 0.483. The summed E-state index contributed by atoms with van der Waals surface area (Å²) < 4.78 is 16.1. The van der Waals surface area contributed by atoms with E-state index in [9.17, 15) is 4.39 Å². The van der Waals surface area contributed by atoms with E-state index in [0.717, 1.165) is 18.9 Å². The topological polar surface area (TPSA) is 42.7 Å². The van der Waals surface area contributed by atoms with Crippen LogP contribution in [0.25, 0.3) is 0 Å². The van der Waals surface area contributed by atoms with Gasteiger partial charge in [-0.25, -0.2) is 9.37 Å². The van der Waals surface area contributed by atoms with E-state index in [0.29, 0.717) is 17.5 Å². The van der Waals surface area contributed by atoms with Gasteiger partial charge in [-0.1, -0.05) is 25.1 Å². The van der Waals surface area contributed by atoms with Crippen LogP contribution in [0.1, 0.15) is 36.8 Å². The lowest BCUT2D eigenvalue weighted by atomic mass is 10.00. The minimum Gasteiger partial charge on any atom is -0.310 e. The molecule has 0 aliphatic heterocycles. The molecule has 0 spiro atoms. The third-order valence-corrected chi connectivity index (χ3v) is 3.43. The van der Waals surface area contributed by atoms with Gasteiger partial charge in [0.15, 0.2) is 0 Å². The number of hydrogen-bond donors (Lipinski definition) is 1. The van der Waals surface area contributed by atoms with Crippen molar-refractivity contribution in [3.8, 4) is 0 Å². The van der Waals surface area contributed by atoms with Crippen LogP contribution >= 0.6 is 0 Å². The van der Waals surface area contributed by atoms with Crippen molar-refractivity contribution < 1.29 is 4.39 Å². The molecular weight excluding hydrogens is 255 g/mol. The van der Waals surface area contributed by atoms with Crippen LogP contribution in [0.5, 0.6) is 0 Å². The Labute approximate surface area is 119 Å². The van der Waals surface area contributed by atoms with Crippen molar-refractivity contribution in [2.24, 2.45) is 0 Å². The number of nitrogens with zero attached hydrogens (tertiary/aromatic N) is 3. The molecule has 5 heteroatoms. The molecule has 4 nitrogen and oxygen atoms in total. The summed E-state index contributed by atoms with van der Waals surface area (Å²) in [5.74, 6) is 0.736. The van der Waals surface area contributed by atoms with Crippen LogP contribution in [0.15, 0.2) is 24.5 Å².